The third-order valence-corrected chi connectivity index (χ3v) is 4.21. The summed E-state index contributed by atoms with van der Waals surface area (Å²) in [5, 5.41) is 19.5. The van der Waals surface area contributed by atoms with Crippen LogP contribution >= 0.6 is 27.3 Å². The molecule has 0 radical (unpaired) electrons. The highest BCUT2D eigenvalue weighted by molar-refractivity contribution is 9.11. The molecule has 21 heavy (non-hydrogen) atoms. The Labute approximate surface area is 132 Å². The number of carbonyl (C=O) groups excluding carboxylic acids is 1. The van der Waals surface area contributed by atoms with Gasteiger partial charge in [-0.3, -0.25) is 14.4 Å². The monoisotopic (exact) mass is 376 g/mol. The fraction of sp³-hybridized carbons (Fsp3) is 0.250. The third kappa shape index (κ3) is 3.42. The Kier molecular flexibility index (Phi) is 5.91. The number of thiophene rings is 1. The van der Waals surface area contributed by atoms with Crippen molar-refractivity contribution < 1.29 is 19.8 Å². The van der Waals surface area contributed by atoms with Crippen LogP contribution in [0.4, 0.5) is 0 Å². The van der Waals surface area contributed by atoms with Crippen molar-refractivity contribution in [2.45, 2.75) is 6.92 Å². The highest BCUT2D eigenvalue weighted by Crippen LogP contribution is 2.35. The van der Waals surface area contributed by atoms with E-state index in [-0.39, 0.29) is 17.8 Å². The second-order valence-electron chi connectivity index (χ2n) is 3.82. The molecule has 0 saturated heterocycles. The van der Waals surface area contributed by atoms with E-state index in [0.29, 0.717) is 16.8 Å². The SMILES string of the molecule is CCNC(=O)c1c(O)c2sc(Br)cc2n(C)c1=O.O=CO. The number of aryl methyl sites for hydroxylation is 1. The fourth-order valence-corrected chi connectivity index (χ4v) is 3.28. The molecule has 2 aromatic heterocycles. The van der Waals surface area contributed by atoms with Crippen molar-refractivity contribution in [3.05, 3.63) is 25.8 Å². The van der Waals surface area contributed by atoms with Crippen molar-refractivity contribution in [1.29, 1.82) is 0 Å². The van der Waals surface area contributed by atoms with E-state index in [1.54, 1.807) is 20.0 Å². The maximum Gasteiger partial charge on any atom is 0.290 e. The smallest absolute Gasteiger partial charge is 0.290 e. The first-order chi connectivity index (χ1) is 9.88. The van der Waals surface area contributed by atoms with E-state index in [4.69, 9.17) is 9.90 Å². The van der Waals surface area contributed by atoms with Gasteiger partial charge in [-0.2, -0.15) is 0 Å². The van der Waals surface area contributed by atoms with Gasteiger partial charge in [0, 0.05) is 13.6 Å². The van der Waals surface area contributed by atoms with E-state index in [0.717, 1.165) is 3.79 Å². The van der Waals surface area contributed by atoms with Crippen LogP contribution in [0.15, 0.2) is 14.6 Å². The van der Waals surface area contributed by atoms with Crippen LogP contribution in [0.2, 0.25) is 0 Å². The molecule has 9 heteroatoms. The number of hydrogen-bond donors (Lipinski definition) is 3. The summed E-state index contributed by atoms with van der Waals surface area (Å²) in [6.45, 7) is 1.90. The summed E-state index contributed by atoms with van der Waals surface area (Å²) >= 11 is 4.58. The molecule has 0 unspecified atom stereocenters. The van der Waals surface area contributed by atoms with E-state index < -0.39 is 11.5 Å². The Hall–Kier alpha value is -1.87. The molecule has 1 amide bonds. The number of rotatable bonds is 2. The van der Waals surface area contributed by atoms with Crippen LogP contribution in [0, 0.1) is 0 Å². The summed E-state index contributed by atoms with van der Waals surface area (Å²) in [4.78, 5) is 32.2. The summed E-state index contributed by atoms with van der Waals surface area (Å²) < 4.78 is 2.67. The molecule has 0 aliphatic rings. The molecule has 2 heterocycles. The van der Waals surface area contributed by atoms with E-state index >= 15 is 0 Å². The summed E-state index contributed by atoms with van der Waals surface area (Å²) in [5.74, 6) is -0.809. The lowest BCUT2D eigenvalue weighted by atomic mass is 10.2. The van der Waals surface area contributed by atoms with Gasteiger partial charge in [-0.05, 0) is 28.9 Å². The van der Waals surface area contributed by atoms with Crippen LogP contribution in [0.25, 0.3) is 10.2 Å². The van der Waals surface area contributed by atoms with Crippen LogP contribution in [-0.4, -0.2) is 33.7 Å². The first-order valence-corrected chi connectivity index (χ1v) is 7.36. The van der Waals surface area contributed by atoms with Crippen LogP contribution < -0.4 is 10.9 Å². The number of pyridine rings is 1. The summed E-state index contributed by atoms with van der Waals surface area (Å²) in [7, 11) is 1.58. The van der Waals surface area contributed by atoms with Crippen molar-refractivity contribution in [2.75, 3.05) is 6.54 Å². The van der Waals surface area contributed by atoms with Crippen molar-refractivity contribution in [1.82, 2.24) is 9.88 Å². The first kappa shape index (κ1) is 17.2. The normalized spacial score (nSPS) is 9.86. The Balaban J connectivity index is 0.000000677. The minimum absolute atomic E-state index is 0.207. The molecule has 0 aliphatic carbocycles. The third-order valence-electron chi connectivity index (χ3n) is 2.58. The predicted molar refractivity (Wildman–Crippen MR) is 83.1 cm³/mol. The number of carboxylic acid groups (broad SMARTS) is 1. The van der Waals surface area contributed by atoms with Crippen LogP contribution in [-0.2, 0) is 11.8 Å². The lowest BCUT2D eigenvalue weighted by molar-refractivity contribution is -0.122. The largest absolute Gasteiger partial charge is 0.505 e. The molecule has 2 aromatic rings. The van der Waals surface area contributed by atoms with Crippen LogP contribution in [0.5, 0.6) is 5.75 Å². The second-order valence-corrected chi connectivity index (χ2v) is 6.25. The molecular formula is C12H13BrN2O5S. The number of amides is 1. The maximum absolute atomic E-state index is 12.1. The number of aromatic nitrogens is 1. The van der Waals surface area contributed by atoms with Gasteiger partial charge in [-0.1, -0.05) is 0 Å². The molecule has 3 N–H and O–H groups in total. The Morgan fingerprint density at radius 2 is 2.14 bits per heavy atom. The van der Waals surface area contributed by atoms with Gasteiger partial charge < -0.3 is 20.1 Å². The molecule has 0 saturated carbocycles. The fourth-order valence-electron chi connectivity index (χ4n) is 1.72. The molecule has 0 aliphatic heterocycles. The molecular weight excluding hydrogens is 364 g/mol. The van der Waals surface area contributed by atoms with Gasteiger partial charge in [-0.25, -0.2) is 0 Å². The lowest BCUT2D eigenvalue weighted by Crippen LogP contribution is -2.32. The lowest BCUT2D eigenvalue weighted by Gasteiger charge is -2.08. The molecule has 7 nitrogen and oxygen atoms in total. The zero-order valence-corrected chi connectivity index (χ0v) is 13.6. The van der Waals surface area contributed by atoms with Crippen molar-refractivity contribution >= 4 is 49.9 Å². The Bertz CT molecular complexity index is 737. The van der Waals surface area contributed by atoms with E-state index in [1.807, 2.05) is 0 Å². The van der Waals surface area contributed by atoms with Gasteiger partial charge in [0.1, 0.15) is 5.56 Å². The molecule has 114 valence electrons. The van der Waals surface area contributed by atoms with E-state index in [9.17, 15) is 14.7 Å². The van der Waals surface area contributed by atoms with Gasteiger partial charge in [0.15, 0.2) is 5.75 Å². The average molecular weight is 377 g/mol. The van der Waals surface area contributed by atoms with Gasteiger partial charge in [0.05, 0.1) is 14.0 Å². The summed E-state index contributed by atoms with van der Waals surface area (Å²) in [5.41, 5.74) is -0.111. The van der Waals surface area contributed by atoms with Crippen molar-refractivity contribution in [2.24, 2.45) is 7.05 Å². The molecule has 2 rings (SSSR count). The molecule has 0 spiro atoms. The van der Waals surface area contributed by atoms with Crippen molar-refractivity contribution in [3.8, 4) is 5.75 Å². The first-order valence-electron chi connectivity index (χ1n) is 5.76. The zero-order valence-electron chi connectivity index (χ0n) is 11.2. The van der Waals surface area contributed by atoms with E-state index in [1.165, 1.54) is 15.9 Å². The summed E-state index contributed by atoms with van der Waals surface area (Å²) in [6, 6.07) is 1.74. The van der Waals surface area contributed by atoms with Gasteiger partial charge in [-0.15, -0.1) is 11.3 Å². The standard InChI is InChI=1S/C11H11BrN2O3S.CH2O2/c1-3-13-10(16)7-8(15)9-5(4-6(12)18-9)14(2)11(7)17;2-1-3/h4,15H,3H2,1-2H3,(H,13,16);1H,(H,2,3). The quantitative estimate of drug-likeness (QED) is 0.688. The number of hydrogen-bond acceptors (Lipinski definition) is 5. The molecule has 0 atom stereocenters. The number of carbonyl (C=O) groups is 2. The highest BCUT2D eigenvalue weighted by atomic mass is 79.9. The van der Waals surface area contributed by atoms with Crippen molar-refractivity contribution in [3.63, 3.8) is 0 Å². The van der Waals surface area contributed by atoms with Gasteiger partial charge >= 0.3 is 0 Å². The zero-order chi connectivity index (χ0) is 16.2. The predicted octanol–water partition coefficient (Wildman–Crippen LogP) is 1.52. The van der Waals surface area contributed by atoms with Crippen LogP contribution in [0.3, 0.4) is 0 Å². The van der Waals surface area contributed by atoms with Crippen LogP contribution in [0.1, 0.15) is 17.3 Å². The highest BCUT2D eigenvalue weighted by Gasteiger charge is 2.21. The molecule has 0 aromatic carbocycles. The number of halogens is 1. The molecule has 0 fully saturated rings. The number of nitrogens with zero attached hydrogens (tertiary/aromatic N) is 1. The number of fused-ring (bicyclic) bond motifs is 1. The minimum atomic E-state index is -0.554. The number of aromatic hydroxyl groups is 1. The summed E-state index contributed by atoms with van der Waals surface area (Å²) in [6.07, 6.45) is 0. The van der Waals surface area contributed by atoms with E-state index in [2.05, 4.69) is 21.2 Å². The Morgan fingerprint density at radius 1 is 1.57 bits per heavy atom. The Morgan fingerprint density at radius 3 is 2.67 bits per heavy atom. The van der Waals surface area contributed by atoms with Gasteiger partial charge in [0.25, 0.3) is 17.9 Å². The average Bonchev–Trinajstić information content (AvgIpc) is 2.80. The topological polar surface area (TPSA) is 109 Å². The second kappa shape index (κ2) is 7.23. The van der Waals surface area contributed by atoms with Gasteiger partial charge in [0.2, 0.25) is 0 Å². The number of nitrogens with one attached hydrogen (secondary N) is 1. The minimum Gasteiger partial charge on any atom is -0.505 e. The maximum atomic E-state index is 12.1. The molecule has 0 bridgehead atoms.